The van der Waals surface area contributed by atoms with Crippen LogP contribution in [0.4, 0.5) is 0 Å². The van der Waals surface area contributed by atoms with Crippen molar-refractivity contribution in [3.05, 3.63) is 28.5 Å². The van der Waals surface area contributed by atoms with Gasteiger partial charge in [-0.2, -0.15) is 0 Å². The summed E-state index contributed by atoms with van der Waals surface area (Å²) in [4.78, 5) is 18.2. The summed E-state index contributed by atoms with van der Waals surface area (Å²) in [5, 5.41) is 0.459. The van der Waals surface area contributed by atoms with E-state index in [9.17, 15) is 4.79 Å². The first-order chi connectivity index (χ1) is 8.14. The van der Waals surface area contributed by atoms with Crippen LogP contribution in [0.5, 0.6) is 0 Å². The lowest BCUT2D eigenvalue weighted by atomic mass is 9.87. The maximum absolute atomic E-state index is 12.4. The standard InChI is InChI=1S/C14H21ClN2O/c1-9-7-12(15)11(8-16-9)13(18)17(6)10(2)14(3,4)5/h7-8,10H,1-6H3. The van der Waals surface area contributed by atoms with E-state index in [-0.39, 0.29) is 17.4 Å². The lowest BCUT2D eigenvalue weighted by Gasteiger charge is -2.35. The summed E-state index contributed by atoms with van der Waals surface area (Å²) in [6, 6.07) is 1.83. The molecule has 0 aliphatic heterocycles. The fourth-order valence-electron chi connectivity index (χ4n) is 1.63. The number of aromatic nitrogens is 1. The maximum Gasteiger partial charge on any atom is 0.256 e. The molecule has 0 radical (unpaired) electrons. The molecule has 1 heterocycles. The van der Waals surface area contributed by atoms with Gasteiger partial charge >= 0.3 is 0 Å². The number of rotatable bonds is 2. The highest BCUT2D eigenvalue weighted by molar-refractivity contribution is 6.33. The molecule has 0 fully saturated rings. The van der Waals surface area contributed by atoms with Crippen LogP contribution < -0.4 is 0 Å². The molecule has 0 aliphatic rings. The zero-order valence-electron chi connectivity index (χ0n) is 11.9. The van der Waals surface area contributed by atoms with Crippen molar-refractivity contribution < 1.29 is 4.79 Å². The topological polar surface area (TPSA) is 33.2 Å². The van der Waals surface area contributed by atoms with Crippen molar-refractivity contribution in [1.29, 1.82) is 0 Å². The van der Waals surface area contributed by atoms with Crippen molar-refractivity contribution in [2.45, 2.75) is 40.7 Å². The Labute approximate surface area is 114 Å². The lowest BCUT2D eigenvalue weighted by molar-refractivity contribution is 0.0629. The SMILES string of the molecule is Cc1cc(Cl)c(C(=O)N(C)C(C)C(C)(C)C)cn1. The summed E-state index contributed by atoms with van der Waals surface area (Å²) in [7, 11) is 1.80. The second-order valence-corrected chi connectivity index (χ2v) is 6.17. The van der Waals surface area contributed by atoms with Gasteiger partial charge in [-0.15, -0.1) is 0 Å². The molecule has 0 aromatic carbocycles. The second-order valence-electron chi connectivity index (χ2n) is 5.76. The third kappa shape index (κ3) is 3.22. The summed E-state index contributed by atoms with van der Waals surface area (Å²) >= 11 is 6.10. The Hall–Kier alpha value is -1.09. The van der Waals surface area contributed by atoms with Crippen LogP contribution in [0.3, 0.4) is 0 Å². The molecule has 0 saturated carbocycles. The molecule has 0 N–H and O–H groups in total. The van der Waals surface area contributed by atoms with Gasteiger partial charge in [-0.3, -0.25) is 9.78 Å². The minimum Gasteiger partial charge on any atom is -0.338 e. The van der Waals surface area contributed by atoms with Crippen LogP contribution in [0.1, 0.15) is 43.7 Å². The van der Waals surface area contributed by atoms with E-state index in [1.165, 1.54) is 0 Å². The number of carbonyl (C=O) groups excluding carboxylic acids is 1. The van der Waals surface area contributed by atoms with Gasteiger partial charge in [0.15, 0.2) is 0 Å². The van der Waals surface area contributed by atoms with Gasteiger partial charge < -0.3 is 4.90 Å². The molecule has 1 unspecified atom stereocenters. The zero-order valence-corrected chi connectivity index (χ0v) is 12.7. The number of halogens is 1. The summed E-state index contributed by atoms with van der Waals surface area (Å²) in [6.07, 6.45) is 1.55. The van der Waals surface area contributed by atoms with Crippen LogP contribution in [0, 0.1) is 12.3 Å². The molecule has 0 spiro atoms. The Balaban J connectivity index is 3.00. The zero-order chi connectivity index (χ0) is 14.1. The molecule has 18 heavy (non-hydrogen) atoms. The van der Waals surface area contributed by atoms with Crippen LogP contribution in [-0.4, -0.2) is 28.9 Å². The summed E-state index contributed by atoms with van der Waals surface area (Å²) in [5.41, 5.74) is 1.29. The van der Waals surface area contributed by atoms with Crippen LogP contribution >= 0.6 is 11.6 Å². The lowest BCUT2D eigenvalue weighted by Crippen LogP contribution is -2.43. The minimum absolute atomic E-state index is 0.0228. The van der Waals surface area contributed by atoms with Crippen molar-refractivity contribution in [2.24, 2.45) is 5.41 Å². The Morgan fingerprint density at radius 1 is 1.44 bits per heavy atom. The summed E-state index contributed by atoms with van der Waals surface area (Å²) in [6.45, 7) is 10.2. The Bertz CT molecular complexity index is 452. The molecular weight excluding hydrogens is 248 g/mol. The number of hydrogen-bond acceptors (Lipinski definition) is 2. The van der Waals surface area contributed by atoms with Crippen molar-refractivity contribution >= 4 is 17.5 Å². The summed E-state index contributed by atoms with van der Waals surface area (Å²) < 4.78 is 0. The number of aryl methyl sites for hydroxylation is 1. The molecular formula is C14H21ClN2O. The van der Waals surface area contributed by atoms with Crippen LogP contribution in [-0.2, 0) is 0 Å². The smallest absolute Gasteiger partial charge is 0.256 e. The number of amides is 1. The van der Waals surface area contributed by atoms with E-state index >= 15 is 0 Å². The predicted octanol–water partition coefficient (Wildman–Crippen LogP) is 3.55. The number of nitrogens with zero attached hydrogens (tertiary/aromatic N) is 2. The molecule has 3 nitrogen and oxygen atoms in total. The average molecular weight is 269 g/mol. The Morgan fingerprint density at radius 2 is 2.00 bits per heavy atom. The van der Waals surface area contributed by atoms with E-state index in [2.05, 4.69) is 25.8 Å². The van der Waals surface area contributed by atoms with Gasteiger partial charge in [0.2, 0.25) is 0 Å². The second kappa shape index (κ2) is 5.27. The number of carbonyl (C=O) groups is 1. The molecule has 100 valence electrons. The van der Waals surface area contributed by atoms with E-state index in [4.69, 9.17) is 11.6 Å². The van der Waals surface area contributed by atoms with Gasteiger partial charge in [0.05, 0.1) is 10.6 Å². The minimum atomic E-state index is -0.0880. The first kappa shape index (κ1) is 15.0. The van der Waals surface area contributed by atoms with Crippen molar-refractivity contribution in [1.82, 2.24) is 9.88 Å². The van der Waals surface area contributed by atoms with Crippen LogP contribution in [0.15, 0.2) is 12.3 Å². The van der Waals surface area contributed by atoms with E-state index in [1.54, 1.807) is 24.2 Å². The van der Waals surface area contributed by atoms with E-state index in [0.29, 0.717) is 10.6 Å². The maximum atomic E-state index is 12.4. The fraction of sp³-hybridized carbons (Fsp3) is 0.571. The first-order valence-electron chi connectivity index (χ1n) is 6.04. The van der Waals surface area contributed by atoms with Crippen molar-refractivity contribution in [3.8, 4) is 0 Å². The molecule has 1 atom stereocenters. The van der Waals surface area contributed by atoms with Gasteiger partial charge in [-0.25, -0.2) is 0 Å². The molecule has 1 aromatic rings. The van der Waals surface area contributed by atoms with Gasteiger partial charge in [0.25, 0.3) is 5.91 Å². The molecule has 1 rings (SSSR count). The number of hydrogen-bond donors (Lipinski definition) is 0. The van der Waals surface area contributed by atoms with Crippen molar-refractivity contribution in [2.75, 3.05) is 7.05 Å². The monoisotopic (exact) mass is 268 g/mol. The van der Waals surface area contributed by atoms with Crippen molar-refractivity contribution in [3.63, 3.8) is 0 Å². The van der Waals surface area contributed by atoms with Crippen LogP contribution in [0.2, 0.25) is 5.02 Å². The van der Waals surface area contributed by atoms with Gasteiger partial charge in [-0.05, 0) is 25.3 Å². The van der Waals surface area contributed by atoms with E-state index in [0.717, 1.165) is 5.69 Å². The Morgan fingerprint density at radius 3 is 2.44 bits per heavy atom. The quantitative estimate of drug-likeness (QED) is 0.822. The highest BCUT2D eigenvalue weighted by Crippen LogP contribution is 2.25. The third-order valence-corrected chi connectivity index (χ3v) is 3.69. The highest BCUT2D eigenvalue weighted by atomic mass is 35.5. The average Bonchev–Trinajstić information content (AvgIpc) is 2.25. The fourth-order valence-corrected chi connectivity index (χ4v) is 1.92. The van der Waals surface area contributed by atoms with Gasteiger partial charge in [0.1, 0.15) is 0 Å². The van der Waals surface area contributed by atoms with E-state index < -0.39 is 0 Å². The molecule has 0 bridgehead atoms. The number of pyridine rings is 1. The van der Waals surface area contributed by atoms with Gasteiger partial charge in [-0.1, -0.05) is 32.4 Å². The molecule has 1 aromatic heterocycles. The van der Waals surface area contributed by atoms with Gasteiger partial charge in [0, 0.05) is 25.0 Å². The molecule has 0 aliphatic carbocycles. The third-order valence-electron chi connectivity index (χ3n) is 3.38. The van der Waals surface area contributed by atoms with Crippen LogP contribution in [0.25, 0.3) is 0 Å². The molecule has 0 saturated heterocycles. The molecule has 1 amide bonds. The molecule has 4 heteroatoms. The van der Waals surface area contributed by atoms with E-state index in [1.807, 2.05) is 13.8 Å². The highest BCUT2D eigenvalue weighted by Gasteiger charge is 2.28. The largest absolute Gasteiger partial charge is 0.338 e. The normalized spacial score (nSPS) is 13.3. The predicted molar refractivity (Wildman–Crippen MR) is 75.0 cm³/mol. The summed E-state index contributed by atoms with van der Waals surface area (Å²) in [5.74, 6) is -0.0880. The first-order valence-corrected chi connectivity index (χ1v) is 6.41. The Kier molecular flexibility index (Phi) is 4.38.